The number of hydrogen-bond donors (Lipinski definition) is 1. The van der Waals surface area contributed by atoms with Crippen LogP contribution in [0.3, 0.4) is 0 Å². The fourth-order valence-electron chi connectivity index (χ4n) is 3.37. The van der Waals surface area contributed by atoms with Crippen LogP contribution in [0.1, 0.15) is 24.8 Å². The molecule has 0 aromatic heterocycles. The Labute approximate surface area is 133 Å². The van der Waals surface area contributed by atoms with Crippen LogP contribution in [0.15, 0.2) is 18.2 Å². The van der Waals surface area contributed by atoms with Crippen LogP contribution in [-0.2, 0) is 20.7 Å². The van der Waals surface area contributed by atoms with Crippen molar-refractivity contribution in [3.8, 4) is 0 Å². The molecular weight excluding hydrogens is 298 g/mol. The molecule has 0 spiro atoms. The maximum atomic E-state index is 12.3. The van der Waals surface area contributed by atoms with Gasteiger partial charge in [-0.05, 0) is 43.0 Å². The van der Waals surface area contributed by atoms with Gasteiger partial charge in [-0.2, -0.15) is 0 Å². The number of cyclic esters (lactones) is 1. The van der Waals surface area contributed by atoms with E-state index in [0.717, 1.165) is 30.5 Å². The fourth-order valence-corrected chi connectivity index (χ4v) is 3.37. The molecule has 3 amide bonds. The van der Waals surface area contributed by atoms with Gasteiger partial charge in [-0.25, -0.2) is 4.79 Å². The van der Waals surface area contributed by atoms with Crippen LogP contribution in [0.5, 0.6) is 0 Å². The minimum Gasteiger partial charge on any atom is -0.434 e. The SMILES string of the molecule is NC(=O)[C@H]1CN(c2ccc3c(c2)CC(=O)N3C2CCC2)C(=O)O1. The van der Waals surface area contributed by atoms with Crippen LogP contribution in [0.25, 0.3) is 0 Å². The van der Waals surface area contributed by atoms with E-state index in [1.807, 2.05) is 17.0 Å². The van der Waals surface area contributed by atoms with Crippen LogP contribution in [-0.4, -0.2) is 36.6 Å². The predicted molar refractivity (Wildman–Crippen MR) is 82.1 cm³/mol. The summed E-state index contributed by atoms with van der Waals surface area (Å²) in [7, 11) is 0. The fraction of sp³-hybridized carbons (Fsp3) is 0.438. The molecule has 2 N–H and O–H groups in total. The van der Waals surface area contributed by atoms with E-state index in [0.29, 0.717) is 18.2 Å². The van der Waals surface area contributed by atoms with Gasteiger partial charge in [0.15, 0.2) is 6.10 Å². The summed E-state index contributed by atoms with van der Waals surface area (Å²) in [6.07, 6.45) is 2.09. The third-order valence-corrected chi connectivity index (χ3v) is 4.81. The molecule has 2 heterocycles. The second kappa shape index (κ2) is 4.97. The van der Waals surface area contributed by atoms with Gasteiger partial charge in [0, 0.05) is 17.4 Å². The monoisotopic (exact) mass is 315 g/mol. The van der Waals surface area contributed by atoms with E-state index < -0.39 is 18.1 Å². The van der Waals surface area contributed by atoms with Crippen molar-refractivity contribution < 1.29 is 19.1 Å². The lowest BCUT2D eigenvalue weighted by Crippen LogP contribution is -2.42. The molecule has 1 atom stereocenters. The van der Waals surface area contributed by atoms with Crippen LogP contribution >= 0.6 is 0 Å². The number of ether oxygens (including phenoxy) is 1. The Hall–Kier alpha value is -2.57. The summed E-state index contributed by atoms with van der Waals surface area (Å²) in [5.74, 6) is -0.547. The molecule has 2 fully saturated rings. The number of carbonyl (C=O) groups is 3. The van der Waals surface area contributed by atoms with Crippen molar-refractivity contribution in [3.05, 3.63) is 23.8 Å². The number of benzene rings is 1. The standard InChI is InChI=1S/C16H17N3O4/c17-15(21)13-8-18(16(22)23-13)11-4-5-12-9(6-11)7-14(20)19(12)10-2-1-3-10/h4-6,10,13H,1-3,7-8H2,(H2,17,21)/t13-/m1/s1. The maximum Gasteiger partial charge on any atom is 0.415 e. The Bertz CT molecular complexity index is 713. The van der Waals surface area contributed by atoms with E-state index in [1.54, 1.807) is 6.07 Å². The summed E-state index contributed by atoms with van der Waals surface area (Å²) < 4.78 is 4.95. The van der Waals surface area contributed by atoms with Crippen molar-refractivity contribution in [2.75, 3.05) is 16.3 Å². The molecule has 1 aliphatic carbocycles. The highest BCUT2D eigenvalue weighted by Crippen LogP contribution is 2.39. The van der Waals surface area contributed by atoms with Gasteiger partial charge in [0.25, 0.3) is 5.91 Å². The highest BCUT2D eigenvalue weighted by molar-refractivity contribution is 6.03. The summed E-state index contributed by atoms with van der Waals surface area (Å²) >= 11 is 0. The van der Waals surface area contributed by atoms with Crippen LogP contribution in [0.4, 0.5) is 16.2 Å². The first-order valence-corrected chi connectivity index (χ1v) is 7.77. The molecule has 1 saturated heterocycles. The van der Waals surface area contributed by atoms with Gasteiger partial charge >= 0.3 is 6.09 Å². The topological polar surface area (TPSA) is 92.9 Å². The summed E-state index contributed by atoms with van der Waals surface area (Å²) in [4.78, 5) is 38.6. The number of nitrogens with two attached hydrogens (primary N) is 1. The molecule has 23 heavy (non-hydrogen) atoms. The Morgan fingerprint density at radius 1 is 1.26 bits per heavy atom. The van der Waals surface area contributed by atoms with E-state index in [-0.39, 0.29) is 12.5 Å². The highest BCUT2D eigenvalue weighted by atomic mass is 16.6. The average molecular weight is 315 g/mol. The van der Waals surface area contributed by atoms with Gasteiger partial charge in [-0.1, -0.05) is 0 Å². The largest absolute Gasteiger partial charge is 0.434 e. The van der Waals surface area contributed by atoms with Gasteiger partial charge < -0.3 is 15.4 Å². The molecule has 1 aromatic carbocycles. The van der Waals surface area contributed by atoms with E-state index in [1.165, 1.54) is 4.90 Å². The van der Waals surface area contributed by atoms with Crippen molar-refractivity contribution in [1.29, 1.82) is 0 Å². The number of primary amides is 1. The Morgan fingerprint density at radius 3 is 2.65 bits per heavy atom. The smallest absolute Gasteiger partial charge is 0.415 e. The van der Waals surface area contributed by atoms with Crippen molar-refractivity contribution in [2.24, 2.45) is 5.73 Å². The molecular formula is C16H17N3O4. The third-order valence-electron chi connectivity index (χ3n) is 4.81. The minimum atomic E-state index is -0.927. The van der Waals surface area contributed by atoms with E-state index in [2.05, 4.69) is 0 Å². The lowest BCUT2D eigenvalue weighted by atomic mass is 9.91. The summed E-state index contributed by atoms with van der Waals surface area (Å²) in [6, 6.07) is 5.80. The van der Waals surface area contributed by atoms with Gasteiger partial charge in [-0.15, -0.1) is 0 Å². The van der Waals surface area contributed by atoms with Crippen LogP contribution in [0.2, 0.25) is 0 Å². The van der Waals surface area contributed by atoms with Gasteiger partial charge in [-0.3, -0.25) is 14.5 Å². The number of fused-ring (bicyclic) bond motifs is 1. The zero-order chi connectivity index (χ0) is 16.1. The molecule has 4 rings (SSSR count). The molecule has 2 aliphatic heterocycles. The molecule has 7 nitrogen and oxygen atoms in total. The summed E-state index contributed by atoms with van der Waals surface area (Å²) in [5.41, 5.74) is 7.66. The van der Waals surface area contributed by atoms with Crippen LogP contribution < -0.4 is 15.5 Å². The van der Waals surface area contributed by atoms with Crippen LogP contribution in [0, 0.1) is 0 Å². The third kappa shape index (κ3) is 2.15. The molecule has 7 heteroatoms. The first kappa shape index (κ1) is 14.0. The molecule has 0 bridgehead atoms. The van der Waals surface area contributed by atoms with Gasteiger partial charge in [0.05, 0.1) is 13.0 Å². The van der Waals surface area contributed by atoms with E-state index >= 15 is 0 Å². The van der Waals surface area contributed by atoms with Gasteiger partial charge in [0.2, 0.25) is 5.91 Å². The first-order valence-electron chi connectivity index (χ1n) is 7.77. The number of hydrogen-bond acceptors (Lipinski definition) is 4. The Kier molecular flexibility index (Phi) is 3.04. The number of anilines is 2. The molecule has 1 saturated carbocycles. The van der Waals surface area contributed by atoms with E-state index in [4.69, 9.17) is 10.5 Å². The van der Waals surface area contributed by atoms with Crippen molar-refractivity contribution in [2.45, 2.75) is 37.8 Å². The Balaban J connectivity index is 1.61. The number of rotatable bonds is 3. The quantitative estimate of drug-likeness (QED) is 0.898. The lowest BCUT2D eigenvalue weighted by Gasteiger charge is -2.35. The molecule has 120 valence electrons. The Morgan fingerprint density at radius 2 is 2.04 bits per heavy atom. The number of carbonyl (C=O) groups excluding carboxylic acids is 3. The van der Waals surface area contributed by atoms with Gasteiger partial charge in [0.1, 0.15) is 0 Å². The van der Waals surface area contributed by atoms with Crippen molar-refractivity contribution >= 4 is 29.3 Å². The zero-order valence-electron chi connectivity index (χ0n) is 12.5. The molecule has 1 aromatic rings. The second-order valence-corrected chi connectivity index (χ2v) is 6.22. The second-order valence-electron chi connectivity index (χ2n) is 6.22. The first-order chi connectivity index (χ1) is 11.0. The number of nitrogens with zero attached hydrogens (tertiary/aromatic N) is 2. The zero-order valence-corrected chi connectivity index (χ0v) is 12.5. The van der Waals surface area contributed by atoms with E-state index in [9.17, 15) is 14.4 Å². The highest BCUT2D eigenvalue weighted by Gasteiger charge is 2.38. The maximum absolute atomic E-state index is 12.3. The predicted octanol–water partition coefficient (Wildman–Crippen LogP) is 0.939. The number of amides is 3. The van der Waals surface area contributed by atoms with Crippen molar-refractivity contribution in [3.63, 3.8) is 0 Å². The molecule has 3 aliphatic rings. The minimum absolute atomic E-state index is 0.104. The summed E-state index contributed by atoms with van der Waals surface area (Å²) in [5, 5.41) is 0. The molecule has 0 radical (unpaired) electrons. The normalized spacial score (nSPS) is 23.7. The lowest BCUT2D eigenvalue weighted by molar-refractivity contribution is -0.124. The van der Waals surface area contributed by atoms with Crippen molar-refractivity contribution in [1.82, 2.24) is 0 Å². The average Bonchev–Trinajstić information content (AvgIpc) is 2.98. The molecule has 0 unspecified atom stereocenters. The summed E-state index contributed by atoms with van der Waals surface area (Å²) in [6.45, 7) is 0.104.